The van der Waals surface area contributed by atoms with Gasteiger partial charge < -0.3 is 14.1 Å². The molecule has 3 aromatic rings. The van der Waals surface area contributed by atoms with Crippen molar-refractivity contribution in [2.24, 2.45) is 0 Å². The molecule has 1 saturated heterocycles. The van der Waals surface area contributed by atoms with Gasteiger partial charge in [0, 0.05) is 6.54 Å². The maximum Gasteiger partial charge on any atom is 0.304 e. The van der Waals surface area contributed by atoms with Crippen LogP contribution >= 0.6 is 0 Å². The van der Waals surface area contributed by atoms with E-state index in [1.54, 1.807) is 9.58 Å². The zero-order valence-electron chi connectivity index (χ0n) is 11.1. The van der Waals surface area contributed by atoms with Crippen LogP contribution in [0.2, 0.25) is 0 Å². The van der Waals surface area contributed by atoms with Gasteiger partial charge in [-0.3, -0.25) is 4.79 Å². The predicted molar refractivity (Wildman–Crippen MR) is 75.6 cm³/mol. The van der Waals surface area contributed by atoms with Gasteiger partial charge in [-0.15, -0.1) is 0 Å². The molecule has 0 atom stereocenters. The first-order valence-corrected chi connectivity index (χ1v) is 6.60. The minimum absolute atomic E-state index is 0.266. The summed E-state index contributed by atoms with van der Waals surface area (Å²) >= 11 is 0. The topological polar surface area (TPSA) is 73.4 Å². The number of benzene rings is 1. The Morgan fingerprint density at radius 3 is 2.81 bits per heavy atom. The fourth-order valence-corrected chi connectivity index (χ4v) is 2.29. The van der Waals surface area contributed by atoms with E-state index in [-0.39, 0.29) is 11.6 Å². The van der Waals surface area contributed by atoms with E-state index < -0.39 is 0 Å². The van der Waals surface area contributed by atoms with Gasteiger partial charge in [0.25, 0.3) is 5.56 Å². The van der Waals surface area contributed by atoms with Crippen LogP contribution in [0, 0.1) is 0 Å². The fourth-order valence-electron chi connectivity index (χ4n) is 2.29. The molecule has 7 nitrogen and oxygen atoms in total. The highest BCUT2D eigenvalue weighted by Crippen LogP contribution is 2.20. The number of rotatable bonds is 2. The molecule has 0 saturated carbocycles. The molecule has 0 radical (unpaired) electrons. The van der Waals surface area contributed by atoms with Crippen molar-refractivity contribution in [3.05, 3.63) is 46.9 Å². The Balaban J connectivity index is 1.91. The lowest BCUT2D eigenvalue weighted by Crippen LogP contribution is -2.22. The molecule has 0 aliphatic carbocycles. The molecular formula is C14H12N4O3. The van der Waals surface area contributed by atoms with Gasteiger partial charge in [-0.2, -0.15) is 14.8 Å². The van der Waals surface area contributed by atoms with Crippen molar-refractivity contribution in [3.8, 4) is 5.69 Å². The van der Waals surface area contributed by atoms with E-state index in [0.29, 0.717) is 31.0 Å². The number of aromatic nitrogens is 3. The minimum atomic E-state index is -0.347. The van der Waals surface area contributed by atoms with E-state index in [9.17, 15) is 4.79 Å². The van der Waals surface area contributed by atoms with Gasteiger partial charge in [0.15, 0.2) is 0 Å². The maximum absolute atomic E-state index is 12.1. The van der Waals surface area contributed by atoms with Crippen molar-refractivity contribution in [1.82, 2.24) is 14.8 Å². The zero-order chi connectivity index (χ0) is 14.2. The highest BCUT2D eigenvalue weighted by Gasteiger charge is 2.20. The molecule has 0 N–H and O–H groups in total. The average molecular weight is 284 g/mol. The first-order chi connectivity index (χ1) is 10.3. The molecule has 1 aromatic carbocycles. The standard InChI is InChI=1S/C14H12N4O3/c19-12-11-8-15-18(10-4-2-1-3-5-10)13(11)21-14(16-12)17-6-7-20-9-17/h1-5,8H,6-7,9H2. The lowest BCUT2D eigenvalue weighted by atomic mass is 10.3. The van der Waals surface area contributed by atoms with E-state index in [0.717, 1.165) is 5.69 Å². The third kappa shape index (κ3) is 1.98. The minimum Gasteiger partial charge on any atom is -0.406 e. The van der Waals surface area contributed by atoms with Gasteiger partial charge in [0.05, 0.1) is 18.5 Å². The summed E-state index contributed by atoms with van der Waals surface area (Å²) in [6, 6.07) is 9.77. The molecule has 0 amide bonds. The van der Waals surface area contributed by atoms with E-state index in [2.05, 4.69) is 10.1 Å². The Morgan fingerprint density at radius 2 is 2.05 bits per heavy atom. The molecule has 0 unspecified atom stereocenters. The molecular weight excluding hydrogens is 272 g/mol. The summed E-state index contributed by atoms with van der Waals surface area (Å²) in [6.45, 7) is 1.63. The summed E-state index contributed by atoms with van der Waals surface area (Å²) in [5.74, 6) is 0. The molecule has 0 bridgehead atoms. The molecule has 0 spiro atoms. The normalized spacial score (nSPS) is 15.0. The van der Waals surface area contributed by atoms with Crippen LogP contribution in [0.5, 0.6) is 0 Å². The second-order valence-corrected chi connectivity index (χ2v) is 4.71. The quantitative estimate of drug-likeness (QED) is 0.703. The molecule has 2 aromatic heterocycles. The summed E-state index contributed by atoms with van der Waals surface area (Å²) in [5.41, 5.74) is 0.869. The molecule has 4 rings (SSSR count). The Morgan fingerprint density at radius 1 is 1.19 bits per heavy atom. The molecule has 7 heteroatoms. The summed E-state index contributed by atoms with van der Waals surface area (Å²) in [5, 5.41) is 4.59. The van der Waals surface area contributed by atoms with Gasteiger partial charge in [-0.05, 0) is 12.1 Å². The van der Waals surface area contributed by atoms with Crippen LogP contribution in [0.15, 0.2) is 45.7 Å². The Bertz CT molecular complexity index is 834. The molecule has 1 fully saturated rings. The molecule has 1 aliphatic rings. The summed E-state index contributed by atoms with van der Waals surface area (Å²) < 4.78 is 12.6. The number of hydrogen-bond donors (Lipinski definition) is 0. The van der Waals surface area contributed by atoms with Crippen molar-refractivity contribution >= 4 is 17.1 Å². The number of para-hydroxylation sites is 1. The van der Waals surface area contributed by atoms with Crippen LogP contribution in [-0.2, 0) is 4.74 Å². The van der Waals surface area contributed by atoms with Crippen molar-refractivity contribution in [1.29, 1.82) is 0 Å². The SMILES string of the molecule is O=c1nc(N2CCOC2)oc2c1cnn2-c1ccccc1. The van der Waals surface area contributed by atoms with Crippen molar-refractivity contribution in [2.45, 2.75) is 0 Å². The highest BCUT2D eigenvalue weighted by atomic mass is 16.5. The second kappa shape index (κ2) is 4.71. The van der Waals surface area contributed by atoms with Gasteiger partial charge >= 0.3 is 6.01 Å². The van der Waals surface area contributed by atoms with Crippen LogP contribution in [0.3, 0.4) is 0 Å². The van der Waals surface area contributed by atoms with Crippen molar-refractivity contribution in [3.63, 3.8) is 0 Å². The predicted octanol–water partition coefficient (Wildman–Crippen LogP) is 1.17. The summed E-state index contributed by atoms with van der Waals surface area (Å²) in [6.07, 6.45) is 1.48. The Kier molecular flexibility index (Phi) is 2.71. The monoisotopic (exact) mass is 284 g/mol. The molecule has 106 valence electrons. The third-order valence-corrected chi connectivity index (χ3v) is 3.36. The molecule has 3 heterocycles. The van der Waals surface area contributed by atoms with Crippen LogP contribution in [0.4, 0.5) is 6.01 Å². The van der Waals surface area contributed by atoms with Crippen molar-refractivity contribution in [2.75, 3.05) is 24.8 Å². The smallest absolute Gasteiger partial charge is 0.304 e. The van der Waals surface area contributed by atoms with Gasteiger partial charge in [-0.25, -0.2) is 0 Å². The highest BCUT2D eigenvalue weighted by molar-refractivity contribution is 5.73. The Hall–Kier alpha value is -2.67. The summed E-state index contributed by atoms with van der Waals surface area (Å²) in [4.78, 5) is 17.9. The van der Waals surface area contributed by atoms with Gasteiger partial charge in [0.1, 0.15) is 12.1 Å². The number of fused-ring (bicyclic) bond motifs is 1. The van der Waals surface area contributed by atoms with E-state index in [1.807, 2.05) is 30.3 Å². The van der Waals surface area contributed by atoms with Crippen molar-refractivity contribution < 1.29 is 9.15 Å². The van der Waals surface area contributed by atoms with E-state index >= 15 is 0 Å². The van der Waals surface area contributed by atoms with E-state index in [1.165, 1.54) is 6.20 Å². The third-order valence-electron chi connectivity index (χ3n) is 3.36. The van der Waals surface area contributed by atoms with Gasteiger partial charge in [-0.1, -0.05) is 18.2 Å². The first kappa shape index (κ1) is 12.1. The van der Waals surface area contributed by atoms with Crippen LogP contribution < -0.4 is 10.5 Å². The van der Waals surface area contributed by atoms with Crippen LogP contribution in [0.25, 0.3) is 16.8 Å². The molecule has 1 aliphatic heterocycles. The van der Waals surface area contributed by atoms with E-state index in [4.69, 9.17) is 9.15 Å². The summed E-state index contributed by atoms with van der Waals surface area (Å²) in [7, 11) is 0. The number of ether oxygens (including phenoxy) is 1. The average Bonchev–Trinajstić information content (AvgIpc) is 3.18. The number of anilines is 1. The lowest BCUT2D eigenvalue weighted by Gasteiger charge is -2.12. The Labute approximate surface area is 119 Å². The maximum atomic E-state index is 12.1. The fraction of sp³-hybridized carbons (Fsp3) is 0.214. The first-order valence-electron chi connectivity index (χ1n) is 6.60. The second-order valence-electron chi connectivity index (χ2n) is 4.71. The van der Waals surface area contributed by atoms with Gasteiger partial charge in [0.2, 0.25) is 5.71 Å². The number of nitrogens with zero attached hydrogens (tertiary/aromatic N) is 4. The molecule has 21 heavy (non-hydrogen) atoms. The number of hydrogen-bond acceptors (Lipinski definition) is 6. The zero-order valence-corrected chi connectivity index (χ0v) is 11.1. The largest absolute Gasteiger partial charge is 0.406 e. The van der Waals surface area contributed by atoms with Crippen LogP contribution in [0.1, 0.15) is 0 Å². The van der Waals surface area contributed by atoms with Crippen LogP contribution in [-0.4, -0.2) is 34.6 Å². The lowest BCUT2D eigenvalue weighted by molar-refractivity contribution is 0.199.